The number of aromatic nitrogens is 1. The molecule has 0 radical (unpaired) electrons. The first-order valence-electron chi connectivity index (χ1n) is 7.71. The summed E-state index contributed by atoms with van der Waals surface area (Å²) in [5, 5.41) is 1.17. The monoisotopic (exact) mass is 285 g/mol. The second-order valence-corrected chi connectivity index (χ2v) is 6.05. The minimum Gasteiger partial charge on any atom is -0.350 e. The predicted octanol–water partition coefficient (Wildman–Crippen LogP) is 2.06. The molecule has 0 aliphatic carbocycles. The molecule has 1 aromatic carbocycles. The number of likely N-dealkylation sites (tertiary alicyclic amines) is 1. The van der Waals surface area contributed by atoms with Gasteiger partial charge in [-0.3, -0.25) is 4.79 Å². The number of hydrogen-bond donors (Lipinski definition) is 1. The summed E-state index contributed by atoms with van der Waals surface area (Å²) in [4.78, 5) is 14.5. The highest BCUT2D eigenvalue weighted by molar-refractivity contribution is 5.89. The van der Waals surface area contributed by atoms with E-state index in [0.717, 1.165) is 31.4 Å². The third-order valence-electron chi connectivity index (χ3n) is 4.38. The van der Waals surface area contributed by atoms with Gasteiger partial charge in [0.25, 0.3) is 0 Å². The Morgan fingerprint density at radius 3 is 3.00 bits per heavy atom. The summed E-state index contributed by atoms with van der Waals surface area (Å²) in [7, 11) is 2.03. The summed E-state index contributed by atoms with van der Waals surface area (Å²) >= 11 is 0. The highest BCUT2D eigenvalue weighted by Gasteiger charge is 2.21. The standard InChI is InChI=1S/C17H23N3O/c1-19-11-13(15-7-2-3-8-16(15)19)10-17(21)20-9-5-4-6-14(18)12-20/h2-3,7-8,11,14H,4-6,9-10,12,18H2,1H3/t14-/m0/s1. The summed E-state index contributed by atoms with van der Waals surface area (Å²) in [6.45, 7) is 1.54. The number of aryl methyl sites for hydroxylation is 1. The minimum atomic E-state index is 0.129. The van der Waals surface area contributed by atoms with E-state index < -0.39 is 0 Å². The van der Waals surface area contributed by atoms with E-state index in [-0.39, 0.29) is 11.9 Å². The third kappa shape index (κ3) is 2.95. The fraction of sp³-hybridized carbons (Fsp3) is 0.471. The summed E-state index contributed by atoms with van der Waals surface area (Å²) < 4.78 is 2.09. The molecule has 3 rings (SSSR count). The van der Waals surface area contributed by atoms with Crippen LogP contribution in [-0.4, -0.2) is 34.5 Å². The molecule has 1 saturated heterocycles. The van der Waals surface area contributed by atoms with Crippen LogP contribution in [0.2, 0.25) is 0 Å². The van der Waals surface area contributed by atoms with Gasteiger partial charge < -0.3 is 15.2 Å². The lowest BCUT2D eigenvalue weighted by Gasteiger charge is -2.22. The quantitative estimate of drug-likeness (QED) is 0.918. The fourth-order valence-corrected chi connectivity index (χ4v) is 3.24. The van der Waals surface area contributed by atoms with Crippen molar-refractivity contribution < 1.29 is 4.79 Å². The van der Waals surface area contributed by atoms with E-state index in [9.17, 15) is 4.79 Å². The van der Waals surface area contributed by atoms with Gasteiger partial charge in [-0.25, -0.2) is 0 Å². The van der Waals surface area contributed by atoms with Crippen LogP contribution in [-0.2, 0) is 18.3 Å². The summed E-state index contributed by atoms with van der Waals surface area (Å²) in [5.74, 6) is 0.198. The van der Waals surface area contributed by atoms with Crippen LogP contribution in [0.25, 0.3) is 10.9 Å². The number of carbonyl (C=O) groups is 1. The lowest BCUT2D eigenvalue weighted by atomic mass is 10.1. The SMILES string of the molecule is Cn1cc(CC(=O)N2CCCC[C@H](N)C2)c2ccccc21. The van der Waals surface area contributed by atoms with E-state index in [1.54, 1.807) is 0 Å². The first kappa shape index (κ1) is 14.1. The molecule has 2 aromatic rings. The number of amides is 1. The average Bonchev–Trinajstić information content (AvgIpc) is 2.65. The second-order valence-electron chi connectivity index (χ2n) is 6.05. The number of carbonyl (C=O) groups excluding carboxylic acids is 1. The number of benzene rings is 1. The number of rotatable bonds is 2. The van der Waals surface area contributed by atoms with Crippen molar-refractivity contribution >= 4 is 16.8 Å². The summed E-state index contributed by atoms with van der Waals surface area (Å²) in [6, 6.07) is 8.36. The molecule has 1 fully saturated rings. The number of hydrogen-bond acceptors (Lipinski definition) is 2. The van der Waals surface area contributed by atoms with Crippen molar-refractivity contribution in [2.45, 2.75) is 31.7 Å². The van der Waals surface area contributed by atoms with E-state index in [1.165, 1.54) is 10.9 Å². The molecule has 4 heteroatoms. The van der Waals surface area contributed by atoms with Gasteiger partial charge >= 0.3 is 0 Å². The molecule has 21 heavy (non-hydrogen) atoms. The van der Waals surface area contributed by atoms with Gasteiger partial charge in [-0.15, -0.1) is 0 Å². The normalized spacial score (nSPS) is 19.7. The molecular formula is C17H23N3O. The molecule has 2 heterocycles. The summed E-state index contributed by atoms with van der Waals surface area (Å²) in [5.41, 5.74) is 8.33. The molecule has 1 amide bonds. The third-order valence-corrected chi connectivity index (χ3v) is 4.38. The van der Waals surface area contributed by atoms with Crippen LogP contribution in [0, 0.1) is 0 Å². The van der Waals surface area contributed by atoms with E-state index in [0.29, 0.717) is 13.0 Å². The van der Waals surface area contributed by atoms with Crippen LogP contribution in [0.5, 0.6) is 0 Å². The van der Waals surface area contributed by atoms with E-state index in [1.807, 2.05) is 24.1 Å². The zero-order valence-electron chi connectivity index (χ0n) is 12.6. The fourth-order valence-electron chi connectivity index (χ4n) is 3.24. The van der Waals surface area contributed by atoms with Crippen molar-refractivity contribution in [3.05, 3.63) is 36.0 Å². The smallest absolute Gasteiger partial charge is 0.227 e. The Hall–Kier alpha value is -1.81. The molecule has 0 unspecified atom stereocenters. The average molecular weight is 285 g/mol. The minimum absolute atomic E-state index is 0.129. The predicted molar refractivity (Wildman–Crippen MR) is 85.0 cm³/mol. The van der Waals surface area contributed by atoms with Gasteiger partial charge in [0, 0.05) is 43.3 Å². The Bertz CT molecular complexity index is 647. The maximum Gasteiger partial charge on any atom is 0.227 e. The van der Waals surface area contributed by atoms with Crippen LogP contribution in [0.1, 0.15) is 24.8 Å². The van der Waals surface area contributed by atoms with E-state index in [4.69, 9.17) is 5.73 Å². The van der Waals surface area contributed by atoms with Gasteiger partial charge in [-0.1, -0.05) is 24.6 Å². The van der Waals surface area contributed by atoms with Crippen molar-refractivity contribution in [3.8, 4) is 0 Å². The number of fused-ring (bicyclic) bond motifs is 1. The topological polar surface area (TPSA) is 51.3 Å². The van der Waals surface area contributed by atoms with Crippen molar-refractivity contribution in [2.24, 2.45) is 12.8 Å². The maximum atomic E-state index is 12.6. The molecule has 0 spiro atoms. The largest absolute Gasteiger partial charge is 0.350 e. The van der Waals surface area contributed by atoms with Gasteiger partial charge in [0.15, 0.2) is 0 Å². The number of para-hydroxylation sites is 1. The molecule has 2 N–H and O–H groups in total. The van der Waals surface area contributed by atoms with Gasteiger partial charge in [0.05, 0.1) is 6.42 Å². The van der Waals surface area contributed by atoms with Crippen LogP contribution in [0.3, 0.4) is 0 Å². The Balaban J connectivity index is 1.80. The van der Waals surface area contributed by atoms with Crippen LogP contribution in [0.15, 0.2) is 30.5 Å². The Labute approximate surface area is 125 Å². The molecule has 1 aliphatic rings. The van der Waals surface area contributed by atoms with Gasteiger partial charge in [0.1, 0.15) is 0 Å². The lowest BCUT2D eigenvalue weighted by Crippen LogP contribution is -2.40. The molecule has 1 atom stereocenters. The van der Waals surface area contributed by atoms with Crippen molar-refractivity contribution in [3.63, 3.8) is 0 Å². The molecule has 4 nitrogen and oxygen atoms in total. The van der Waals surface area contributed by atoms with Crippen LogP contribution in [0.4, 0.5) is 0 Å². The van der Waals surface area contributed by atoms with Crippen LogP contribution >= 0.6 is 0 Å². The number of nitrogens with two attached hydrogens (primary N) is 1. The highest BCUT2D eigenvalue weighted by atomic mass is 16.2. The highest BCUT2D eigenvalue weighted by Crippen LogP contribution is 2.21. The van der Waals surface area contributed by atoms with Gasteiger partial charge in [-0.2, -0.15) is 0 Å². The first-order valence-corrected chi connectivity index (χ1v) is 7.71. The molecule has 1 aliphatic heterocycles. The van der Waals surface area contributed by atoms with Crippen molar-refractivity contribution in [2.75, 3.05) is 13.1 Å². The Morgan fingerprint density at radius 1 is 1.33 bits per heavy atom. The molecule has 0 bridgehead atoms. The van der Waals surface area contributed by atoms with Gasteiger partial charge in [-0.05, 0) is 24.5 Å². The zero-order chi connectivity index (χ0) is 14.8. The molecular weight excluding hydrogens is 262 g/mol. The van der Waals surface area contributed by atoms with Crippen molar-refractivity contribution in [1.29, 1.82) is 0 Å². The maximum absolute atomic E-state index is 12.6. The molecule has 112 valence electrons. The lowest BCUT2D eigenvalue weighted by molar-refractivity contribution is -0.130. The molecule has 0 saturated carbocycles. The van der Waals surface area contributed by atoms with Gasteiger partial charge in [0.2, 0.25) is 5.91 Å². The zero-order valence-corrected chi connectivity index (χ0v) is 12.6. The first-order chi connectivity index (χ1) is 10.1. The van der Waals surface area contributed by atoms with Crippen LogP contribution < -0.4 is 5.73 Å². The van der Waals surface area contributed by atoms with E-state index >= 15 is 0 Å². The number of nitrogens with zero attached hydrogens (tertiary/aromatic N) is 2. The Kier molecular flexibility index (Phi) is 3.97. The van der Waals surface area contributed by atoms with Crippen molar-refractivity contribution in [1.82, 2.24) is 9.47 Å². The molecule has 1 aromatic heterocycles. The summed E-state index contributed by atoms with van der Waals surface area (Å²) in [6.07, 6.45) is 5.75. The Morgan fingerprint density at radius 2 is 2.14 bits per heavy atom. The van der Waals surface area contributed by atoms with E-state index in [2.05, 4.69) is 22.9 Å². The second kappa shape index (κ2) is 5.90.